The predicted octanol–water partition coefficient (Wildman–Crippen LogP) is 1.55. The highest BCUT2D eigenvalue weighted by Crippen LogP contribution is 2.52. The molecule has 0 saturated carbocycles. The molecule has 6 rings (SSSR count). The highest BCUT2D eigenvalue weighted by atomic mass is 16.7. The number of aromatic hydroxyl groups is 2. The van der Waals surface area contributed by atoms with Gasteiger partial charge < -0.3 is 49.8 Å². The van der Waals surface area contributed by atoms with Crippen LogP contribution in [0.5, 0.6) is 17.2 Å². The molecule has 45 heavy (non-hydrogen) atoms. The van der Waals surface area contributed by atoms with Crippen LogP contribution in [0.2, 0.25) is 0 Å². The van der Waals surface area contributed by atoms with Crippen LogP contribution in [0.1, 0.15) is 88.1 Å². The van der Waals surface area contributed by atoms with E-state index in [9.17, 15) is 34.8 Å². The van der Waals surface area contributed by atoms with E-state index in [-0.39, 0.29) is 34.4 Å². The number of benzene rings is 2. The Hall–Kier alpha value is -3.43. The highest BCUT2D eigenvalue weighted by Gasteiger charge is 2.50. The first-order chi connectivity index (χ1) is 21.5. The lowest BCUT2D eigenvalue weighted by Crippen LogP contribution is -2.55. The largest absolute Gasteiger partial charge is 0.507 e. The number of phenols is 2. The van der Waals surface area contributed by atoms with E-state index < -0.39 is 102 Å². The van der Waals surface area contributed by atoms with Crippen LogP contribution >= 0.6 is 0 Å². The molecule has 242 valence electrons. The number of nitrogens with two attached hydrogens (primary N) is 1. The zero-order chi connectivity index (χ0) is 32.2. The molecule has 4 aliphatic rings. The molecule has 7 atom stereocenters. The normalized spacial score (nSPS) is 31.1. The zero-order valence-electron chi connectivity index (χ0n) is 25.0. The summed E-state index contributed by atoms with van der Waals surface area (Å²) in [5.41, 5.74) is 2.98. The van der Waals surface area contributed by atoms with Crippen molar-refractivity contribution in [3.63, 3.8) is 0 Å². The van der Waals surface area contributed by atoms with Gasteiger partial charge in [0.2, 0.25) is 5.78 Å². The van der Waals surface area contributed by atoms with Gasteiger partial charge in [0.25, 0.3) is 0 Å². The van der Waals surface area contributed by atoms with Crippen LogP contribution < -0.4 is 10.5 Å². The van der Waals surface area contributed by atoms with Crippen LogP contribution in [-0.4, -0.2) is 94.5 Å². The molecular weight excluding hydrogens is 590 g/mol. The summed E-state index contributed by atoms with van der Waals surface area (Å²) in [5, 5.41) is 44.2. The minimum atomic E-state index is -2.24. The minimum Gasteiger partial charge on any atom is -0.507 e. The van der Waals surface area contributed by atoms with Crippen LogP contribution in [0.15, 0.2) is 18.2 Å². The Morgan fingerprint density at radius 3 is 2.49 bits per heavy atom. The van der Waals surface area contributed by atoms with Gasteiger partial charge in [0.1, 0.15) is 35.6 Å². The van der Waals surface area contributed by atoms with E-state index in [2.05, 4.69) is 0 Å². The fourth-order valence-corrected chi connectivity index (χ4v) is 6.95. The van der Waals surface area contributed by atoms with Crippen LogP contribution in [0.25, 0.3) is 0 Å². The van der Waals surface area contributed by atoms with Crippen molar-refractivity contribution in [1.29, 1.82) is 0 Å². The van der Waals surface area contributed by atoms with Crippen molar-refractivity contribution in [1.82, 2.24) is 0 Å². The first-order valence-electron chi connectivity index (χ1n) is 15.1. The summed E-state index contributed by atoms with van der Waals surface area (Å²) >= 11 is 0. The quantitative estimate of drug-likeness (QED) is 0.236. The smallest absolute Gasteiger partial charge is 0.202 e. The summed E-state index contributed by atoms with van der Waals surface area (Å²) in [4.78, 5) is 40.2. The van der Waals surface area contributed by atoms with Crippen molar-refractivity contribution in [3.05, 3.63) is 51.6 Å². The lowest BCUT2D eigenvalue weighted by Gasteiger charge is -2.43. The molecule has 2 aliphatic carbocycles. The average molecular weight is 628 g/mol. The highest BCUT2D eigenvalue weighted by molar-refractivity contribution is 6.31. The van der Waals surface area contributed by atoms with Gasteiger partial charge in [-0.1, -0.05) is 12.1 Å². The number of Topliss-reactive ketones (excluding diaryl/α,β-unsaturated/α-hetero) is 1. The molecule has 2 saturated heterocycles. The summed E-state index contributed by atoms with van der Waals surface area (Å²) in [5.74, 6) is -3.67. The maximum atomic E-state index is 13.8. The second-order valence-corrected chi connectivity index (χ2v) is 12.1. The van der Waals surface area contributed by atoms with Gasteiger partial charge >= 0.3 is 0 Å². The number of hydrogen-bond donors (Lipinski definition) is 5. The standard InChI is InChI=1S/C32H37NO12/c1-14-31(45-21-8-3-4-9-42-21)17(33)10-22(43-14)44-19-12-32(40,20(35)13-34)11-16-24(19)30(39)26-25(28(16)37)27(36)15-6-5-7-18(41-2)23(15)29(26)38/h5-7,14,17,19,21-22,31,34,37,39-40H,3-4,8-13,33H2,1-2H3/t14-,17+,19+,21-,22-,31-,32+/m1/s1. The van der Waals surface area contributed by atoms with Crippen LogP contribution in [-0.2, 0) is 30.2 Å². The second kappa shape index (κ2) is 12.1. The van der Waals surface area contributed by atoms with Crippen molar-refractivity contribution in [2.24, 2.45) is 5.73 Å². The van der Waals surface area contributed by atoms with E-state index >= 15 is 0 Å². The van der Waals surface area contributed by atoms with E-state index in [1.165, 1.54) is 25.3 Å². The Balaban J connectivity index is 1.38. The fourth-order valence-electron chi connectivity index (χ4n) is 6.95. The zero-order valence-corrected chi connectivity index (χ0v) is 25.0. The van der Waals surface area contributed by atoms with Gasteiger partial charge in [-0.15, -0.1) is 0 Å². The first-order valence-corrected chi connectivity index (χ1v) is 15.1. The number of methoxy groups -OCH3 is 1. The Kier molecular flexibility index (Phi) is 8.46. The summed E-state index contributed by atoms with van der Waals surface area (Å²) < 4.78 is 29.5. The molecule has 0 unspecified atom stereocenters. The topological polar surface area (TPSA) is 204 Å². The number of rotatable bonds is 7. The second-order valence-electron chi connectivity index (χ2n) is 12.1. The van der Waals surface area contributed by atoms with Crippen LogP contribution in [0.3, 0.4) is 0 Å². The fraction of sp³-hybridized carbons (Fsp3) is 0.531. The van der Waals surface area contributed by atoms with Crippen molar-refractivity contribution >= 4 is 17.3 Å². The third-order valence-electron chi connectivity index (χ3n) is 9.22. The van der Waals surface area contributed by atoms with Crippen molar-refractivity contribution in [2.45, 2.75) is 88.0 Å². The van der Waals surface area contributed by atoms with Gasteiger partial charge in [-0.2, -0.15) is 0 Å². The molecule has 2 fully saturated rings. The molecule has 2 heterocycles. The molecule has 2 aromatic carbocycles. The molecule has 2 aromatic rings. The molecule has 0 bridgehead atoms. The number of carbonyl (C=O) groups is 3. The number of ether oxygens (including phenoxy) is 5. The average Bonchev–Trinajstić information content (AvgIpc) is 3.02. The third kappa shape index (κ3) is 5.31. The SMILES string of the molecule is COc1cccc2c1C(=O)c1c(O)c3c(c(O)c1C2=O)C[C@@](O)(C(=O)CO)C[C@@H]3O[C@@H]1C[C@H](N)[C@H](O[C@@H]2CCCCO2)[C@@H](C)O1. The van der Waals surface area contributed by atoms with E-state index in [4.69, 9.17) is 29.4 Å². The Morgan fingerprint density at radius 1 is 1.07 bits per heavy atom. The van der Waals surface area contributed by atoms with Gasteiger partial charge in [-0.3, -0.25) is 14.4 Å². The molecule has 13 heteroatoms. The summed E-state index contributed by atoms with van der Waals surface area (Å²) in [6, 6.07) is 3.86. The van der Waals surface area contributed by atoms with Gasteiger partial charge in [0.15, 0.2) is 24.1 Å². The Bertz CT molecular complexity index is 1520. The third-order valence-corrected chi connectivity index (χ3v) is 9.22. The van der Waals surface area contributed by atoms with Gasteiger partial charge in [-0.05, 0) is 32.3 Å². The first kappa shape index (κ1) is 31.5. The van der Waals surface area contributed by atoms with E-state index in [1.54, 1.807) is 6.92 Å². The lowest BCUT2D eigenvalue weighted by molar-refractivity contribution is -0.281. The molecule has 0 aromatic heterocycles. The molecule has 13 nitrogen and oxygen atoms in total. The molecule has 0 radical (unpaired) electrons. The van der Waals surface area contributed by atoms with Crippen molar-refractivity contribution in [3.8, 4) is 17.2 Å². The molecule has 6 N–H and O–H groups in total. The number of ketones is 3. The Morgan fingerprint density at radius 2 is 1.82 bits per heavy atom. The summed E-state index contributed by atoms with van der Waals surface area (Å²) in [6.45, 7) is 1.35. The lowest BCUT2D eigenvalue weighted by atomic mass is 9.72. The Labute approximate surface area is 258 Å². The molecule has 2 aliphatic heterocycles. The van der Waals surface area contributed by atoms with Gasteiger partial charge in [-0.25, -0.2) is 0 Å². The van der Waals surface area contributed by atoms with E-state index in [0.29, 0.717) is 6.61 Å². The monoisotopic (exact) mass is 627 g/mol. The van der Waals surface area contributed by atoms with E-state index in [1.807, 2.05) is 0 Å². The minimum absolute atomic E-state index is 0.0409. The van der Waals surface area contributed by atoms with Crippen molar-refractivity contribution in [2.75, 3.05) is 20.3 Å². The van der Waals surface area contributed by atoms with Gasteiger partial charge in [0, 0.05) is 48.6 Å². The molecule has 0 amide bonds. The number of hydrogen-bond acceptors (Lipinski definition) is 13. The maximum absolute atomic E-state index is 13.8. The summed E-state index contributed by atoms with van der Waals surface area (Å²) in [7, 11) is 1.34. The van der Waals surface area contributed by atoms with Crippen LogP contribution in [0.4, 0.5) is 0 Å². The molecule has 0 spiro atoms. The molecular formula is C32H37NO12. The number of carbonyl (C=O) groups excluding carboxylic acids is 3. The maximum Gasteiger partial charge on any atom is 0.202 e. The van der Waals surface area contributed by atoms with Gasteiger partial charge in [0.05, 0.1) is 36.0 Å². The van der Waals surface area contributed by atoms with E-state index in [0.717, 1.165) is 19.3 Å². The number of aliphatic hydroxyl groups is 2. The number of phenolic OH excluding ortho intramolecular Hbond substituents is 2. The summed E-state index contributed by atoms with van der Waals surface area (Å²) in [6.07, 6.45) is -2.03. The number of aliphatic hydroxyl groups excluding tert-OH is 1. The van der Waals surface area contributed by atoms with Crippen molar-refractivity contribution < 1.29 is 58.5 Å². The number of fused-ring (bicyclic) bond motifs is 3. The van der Waals surface area contributed by atoms with Crippen LogP contribution in [0, 0.1) is 0 Å². The predicted molar refractivity (Wildman–Crippen MR) is 154 cm³/mol.